The summed E-state index contributed by atoms with van der Waals surface area (Å²) in [5, 5.41) is 0. The Labute approximate surface area is 98.2 Å². The van der Waals surface area contributed by atoms with E-state index in [0.717, 1.165) is 6.04 Å². The number of hydrogen-bond acceptors (Lipinski definition) is 0. The highest BCUT2D eigenvalue weighted by atomic mass is 15.1. The molecule has 86 valence electrons. The van der Waals surface area contributed by atoms with Crippen LogP contribution in [-0.2, 0) is 19.3 Å². The van der Waals surface area contributed by atoms with Crippen LogP contribution in [0, 0.1) is 0 Å². The summed E-state index contributed by atoms with van der Waals surface area (Å²) < 4.78 is 2.69. The van der Waals surface area contributed by atoms with Gasteiger partial charge in [0.1, 0.15) is 0 Å². The maximum absolute atomic E-state index is 2.69. The Morgan fingerprint density at radius 1 is 1.25 bits per heavy atom. The average molecular weight is 215 g/mol. The fraction of sp³-hybridized carbons (Fsp3) is 0.600. The van der Waals surface area contributed by atoms with Crippen molar-refractivity contribution < 1.29 is 0 Å². The topological polar surface area (TPSA) is 4.93 Å². The maximum atomic E-state index is 2.69. The Morgan fingerprint density at radius 3 is 2.88 bits per heavy atom. The summed E-state index contributed by atoms with van der Waals surface area (Å²) in [6.07, 6.45) is 12.5. The SMILES string of the molecule is CC=Cc1c(CC)c2n3c1CC[C@@H]3CCC2. The standard InChI is InChI=1S/C15H21N/c1-3-6-13-12(4-2)14-8-5-7-11-9-10-15(13)16(11)14/h3,6,11H,4-5,7-10H2,1-2H3/t11-/m0/s1. The summed E-state index contributed by atoms with van der Waals surface area (Å²) in [4.78, 5) is 0. The largest absolute Gasteiger partial charge is 0.345 e. The van der Waals surface area contributed by atoms with Crippen molar-refractivity contribution >= 4 is 6.08 Å². The molecule has 0 unspecified atom stereocenters. The summed E-state index contributed by atoms with van der Waals surface area (Å²) in [6, 6.07) is 0.836. The fourth-order valence-corrected chi connectivity index (χ4v) is 3.70. The molecule has 0 spiro atoms. The number of aromatic nitrogens is 1. The summed E-state index contributed by atoms with van der Waals surface area (Å²) >= 11 is 0. The molecule has 3 heterocycles. The van der Waals surface area contributed by atoms with E-state index in [4.69, 9.17) is 0 Å². The minimum Gasteiger partial charge on any atom is -0.345 e. The molecule has 2 aliphatic heterocycles. The van der Waals surface area contributed by atoms with Gasteiger partial charge in [0.15, 0.2) is 0 Å². The van der Waals surface area contributed by atoms with E-state index in [1.165, 1.54) is 38.5 Å². The zero-order chi connectivity index (χ0) is 11.1. The molecule has 0 saturated carbocycles. The van der Waals surface area contributed by atoms with E-state index in [1.807, 2.05) is 0 Å². The molecule has 0 saturated heterocycles. The van der Waals surface area contributed by atoms with Crippen LogP contribution in [0.1, 0.15) is 61.7 Å². The van der Waals surface area contributed by atoms with E-state index in [1.54, 1.807) is 22.5 Å². The third-order valence-corrected chi connectivity index (χ3v) is 4.28. The Balaban J connectivity index is 2.22. The molecule has 1 heteroatoms. The lowest BCUT2D eigenvalue weighted by molar-refractivity contribution is 0.419. The Morgan fingerprint density at radius 2 is 2.12 bits per heavy atom. The second-order valence-corrected chi connectivity index (χ2v) is 5.09. The fourth-order valence-electron chi connectivity index (χ4n) is 3.70. The van der Waals surface area contributed by atoms with Gasteiger partial charge >= 0.3 is 0 Å². The van der Waals surface area contributed by atoms with Crippen molar-refractivity contribution in [3.63, 3.8) is 0 Å². The number of rotatable bonds is 2. The molecule has 0 bridgehead atoms. The predicted molar refractivity (Wildman–Crippen MR) is 68.8 cm³/mol. The van der Waals surface area contributed by atoms with Gasteiger partial charge in [0, 0.05) is 17.4 Å². The highest BCUT2D eigenvalue weighted by Crippen LogP contribution is 2.42. The molecular weight excluding hydrogens is 194 g/mol. The molecule has 0 fully saturated rings. The first-order valence-corrected chi connectivity index (χ1v) is 6.74. The molecule has 0 radical (unpaired) electrons. The lowest BCUT2D eigenvalue weighted by Gasteiger charge is -2.23. The van der Waals surface area contributed by atoms with E-state index in [9.17, 15) is 0 Å². The van der Waals surface area contributed by atoms with Crippen molar-refractivity contribution in [1.82, 2.24) is 4.57 Å². The maximum Gasteiger partial charge on any atom is 0.0340 e. The van der Waals surface area contributed by atoms with Crippen LogP contribution in [-0.4, -0.2) is 4.57 Å². The van der Waals surface area contributed by atoms with Crippen molar-refractivity contribution in [1.29, 1.82) is 0 Å². The van der Waals surface area contributed by atoms with E-state index in [0.29, 0.717) is 0 Å². The van der Waals surface area contributed by atoms with Crippen molar-refractivity contribution in [2.24, 2.45) is 0 Å². The van der Waals surface area contributed by atoms with Crippen molar-refractivity contribution in [2.75, 3.05) is 0 Å². The summed E-state index contributed by atoms with van der Waals surface area (Å²) in [7, 11) is 0. The molecule has 0 aliphatic carbocycles. The van der Waals surface area contributed by atoms with Crippen LogP contribution in [0.4, 0.5) is 0 Å². The molecule has 1 aromatic rings. The highest BCUT2D eigenvalue weighted by molar-refractivity contribution is 5.60. The summed E-state index contributed by atoms with van der Waals surface area (Å²) in [5.41, 5.74) is 6.50. The molecular formula is C15H21N. The van der Waals surface area contributed by atoms with Gasteiger partial charge < -0.3 is 4.57 Å². The first kappa shape index (κ1) is 10.2. The van der Waals surface area contributed by atoms with Crippen molar-refractivity contribution in [3.05, 3.63) is 28.6 Å². The summed E-state index contributed by atoms with van der Waals surface area (Å²) in [6.45, 7) is 4.44. The predicted octanol–water partition coefficient (Wildman–Crippen LogP) is 3.91. The van der Waals surface area contributed by atoms with E-state index in [-0.39, 0.29) is 0 Å². The second-order valence-electron chi connectivity index (χ2n) is 5.09. The van der Waals surface area contributed by atoms with Crippen LogP contribution in [0.2, 0.25) is 0 Å². The number of nitrogens with zero attached hydrogens (tertiary/aromatic N) is 1. The van der Waals surface area contributed by atoms with E-state index < -0.39 is 0 Å². The van der Waals surface area contributed by atoms with Crippen molar-refractivity contribution in [2.45, 2.75) is 58.4 Å². The third kappa shape index (κ3) is 1.24. The van der Waals surface area contributed by atoms with E-state index in [2.05, 4.69) is 30.6 Å². The van der Waals surface area contributed by atoms with Gasteiger partial charge in [0.05, 0.1) is 0 Å². The quantitative estimate of drug-likeness (QED) is 0.705. The molecule has 0 aromatic carbocycles. The van der Waals surface area contributed by atoms with Gasteiger partial charge in [0.2, 0.25) is 0 Å². The van der Waals surface area contributed by atoms with Gasteiger partial charge in [-0.05, 0) is 56.6 Å². The molecule has 1 aromatic heterocycles. The average Bonchev–Trinajstić information content (AvgIpc) is 2.85. The monoisotopic (exact) mass is 215 g/mol. The normalized spacial score (nSPS) is 23.0. The molecule has 1 nitrogen and oxygen atoms in total. The third-order valence-electron chi connectivity index (χ3n) is 4.28. The number of hydrogen-bond donors (Lipinski definition) is 0. The van der Waals surface area contributed by atoms with Gasteiger partial charge in [-0.3, -0.25) is 0 Å². The van der Waals surface area contributed by atoms with Crippen LogP contribution in [0.25, 0.3) is 6.08 Å². The zero-order valence-corrected chi connectivity index (χ0v) is 10.4. The van der Waals surface area contributed by atoms with Crippen molar-refractivity contribution in [3.8, 4) is 0 Å². The molecule has 16 heavy (non-hydrogen) atoms. The van der Waals surface area contributed by atoms with Crippen LogP contribution in [0.15, 0.2) is 6.08 Å². The first-order chi connectivity index (χ1) is 7.86. The van der Waals surface area contributed by atoms with Crippen LogP contribution >= 0.6 is 0 Å². The minimum atomic E-state index is 0.836. The zero-order valence-electron chi connectivity index (χ0n) is 10.4. The van der Waals surface area contributed by atoms with Gasteiger partial charge in [-0.15, -0.1) is 0 Å². The lowest BCUT2D eigenvalue weighted by atomic mass is 9.95. The Kier molecular flexibility index (Phi) is 2.42. The highest BCUT2D eigenvalue weighted by Gasteiger charge is 2.32. The van der Waals surface area contributed by atoms with E-state index >= 15 is 0 Å². The minimum absolute atomic E-state index is 0.836. The summed E-state index contributed by atoms with van der Waals surface area (Å²) in [5.74, 6) is 0. The smallest absolute Gasteiger partial charge is 0.0340 e. The van der Waals surface area contributed by atoms with Gasteiger partial charge in [-0.25, -0.2) is 0 Å². The van der Waals surface area contributed by atoms with Gasteiger partial charge in [0.25, 0.3) is 0 Å². The van der Waals surface area contributed by atoms with Gasteiger partial charge in [-0.2, -0.15) is 0 Å². The van der Waals surface area contributed by atoms with Crippen LogP contribution in [0.3, 0.4) is 0 Å². The van der Waals surface area contributed by atoms with Crippen LogP contribution in [0.5, 0.6) is 0 Å². The molecule has 0 amide bonds. The van der Waals surface area contributed by atoms with Gasteiger partial charge in [-0.1, -0.05) is 19.1 Å². The van der Waals surface area contributed by atoms with Crippen LogP contribution < -0.4 is 0 Å². The Hall–Kier alpha value is -0.980. The first-order valence-electron chi connectivity index (χ1n) is 6.74. The molecule has 0 N–H and O–H groups in total. The number of allylic oxidation sites excluding steroid dienone is 1. The Bertz CT molecular complexity index is 433. The second kappa shape index (κ2) is 3.80. The molecule has 1 atom stereocenters. The lowest BCUT2D eigenvalue weighted by Crippen LogP contribution is -2.14. The molecule has 2 aliphatic rings. The molecule has 3 rings (SSSR count).